The van der Waals surface area contributed by atoms with Crippen molar-refractivity contribution in [2.75, 3.05) is 36.4 Å². The second-order valence-electron chi connectivity index (χ2n) is 9.21. The summed E-state index contributed by atoms with van der Waals surface area (Å²) in [6.45, 7) is 6.43. The van der Waals surface area contributed by atoms with Crippen LogP contribution in [0.4, 0.5) is 11.6 Å². The van der Waals surface area contributed by atoms with E-state index in [0.29, 0.717) is 22.5 Å². The maximum absolute atomic E-state index is 13.2. The van der Waals surface area contributed by atoms with E-state index in [1.807, 2.05) is 25.1 Å². The van der Waals surface area contributed by atoms with E-state index in [1.165, 1.54) is 11.9 Å². The highest BCUT2D eigenvalue weighted by molar-refractivity contribution is 6.17. The van der Waals surface area contributed by atoms with Crippen molar-refractivity contribution in [3.05, 3.63) is 119 Å². The molecule has 0 bridgehead atoms. The first-order valence-electron chi connectivity index (χ1n) is 12.4. The molecule has 186 valence electrons. The number of aryl methyl sites for hydroxylation is 1. The van der Waals surface area contributed by atoms with Crippen LogP contribution < -0.4 is 10.2 Å². The van der Waals surface area contributed by atoms with Crippen LogP contribution in [0.2, 0.25) is 0 Å². The van der Waals surface area contributed by atoms with Crippen molar-refractivity contribution in [2.24, 2.45) is 0 Å². The molecule has 5 rings (SSSR count). The Bertz CT molecular complexity index is 1380. The molecule has 0 saturated carbocycles. The van der Waals surface area contributed by atoms with Gasteiger partial charge in [-0.15, -0.1) is 0 Å². The molecule has 1 aliphatic rings. The highest BCUT2D eigenvalue weighted by Crippen LogP contribution is 2.20. The highest BCUT2D eigenvalue weighted by atomic mass is 16.2. The smallest absolute Gasteiger partial charge is 0.257 e. The first-order valence-corrected chi connectivity index (χ1v) is 12.4. The molecule has 0 spiro atoms. The molecule has 4 aromatic rings. The fraction of sp³-hybridized carbons (Fsp3) is 0.200. The van der Waals surface area contributed by atoms with E-state index in [0.717, 1.165) is 44.1 Å². The summed E-state index contributed by atoms with van der Waals surface area (Å²) in [7, 11) is 0. The molecule has 1 amide bonds. The third-order valence-corrected chi connectivity index (χ3v) is 6.57. The van der Waals surface area contributed by atoms with Gasteiger partial charge in [0, 0.05) is 49.9 Å². The van der Waals surface area contributed by atoms with Gasteiger partial charge in [-0.2, -0.15) is 0 Å². The number of hydrogen-bond acceptors (Lipinski definition) is 6. The number of nitrogens with zero attached hydrogens (tertiary/aromatic N) is 4. The Hall–Kier alpha value is -4.36. The summed E-state index contributed by atoms with van der Waals surface area (Å²) in [6, 6.07) is 26.4. The maximum Gasteiger partial charge on any atom is 0.257 e. The molecule has 37 heavy (non-hydrogen) atoms. The zero-order valence-electron chi connectivity index (χ0n) is 20.8. The van der Waals surface area contributed by atoms with Gasteiger partial charge in [-0.05, 0) is 18.6 Å². The molecule has 7 nitrogen and oxygen atoms in total. The molecule has 7 heteroatoms. The van der Waals surface area contributed by atoms with E-state index in [-0.39, 0.29) is 11.7 Å². The minimum Gasteiger partial charge on any atom is -0.354 e. The molecule has 0 unspecified atom stereocenters. The fourth-order valence-electron chi connectivity index (χ4n) is 4.49. The zero-order valence-corrected chi connectivity index (χ0v) is 20.8. The summed E-state index contributed by atoms with van der Waals surface area (Å²) in [6.07, 6.45) is 1.46. The number of piperazine rings is 1. The molecule has 2 heterocycles. The van der Waals surface area contributed by atoms with Gasteiger partial charge in [0.15, 0.2) is 5.78 Å². The van der Waals surface area contributed by atoms with Crippen molar-refractivity contribution in [1.29, 1.82) is 0 Å². The van der Waals surface area contributed by atoms with Crippen LogP contribution in [-0.4, -0.2) is 52.7 Å². The number of rotatable bonds is 7. The van der Waals surface area contributed by atoms with Crippen LogP contribution in [0.1, 0.15) is 37.4 Å². The molecule has 1 fully saturated rings. The minimum atomic E-state index is -0.381. The third-order valence-electron chi connectivity index (χ3n) is 6.57. The second-order valence-corrected chi connectivity index (χ2v) is 9.21. The number of aromatic nitrogens is 2. The quantitative estimate of drug-likeness (QED) is 0.381. The first kappa shape index (κ1) is 24.3. The molecule has 1 saturated heterocycles. The summed E-state index contributed by atoms with van der Waals surface area (Å²) in [4.78, 5) is 39.6. The lowest BCUT2D eigenvalue weighted by Crippen LogP contribution is -2.46. The predicted molar refractivity (Wildman–Crippen MR) is 145 cm³/mol. The van der Waals surface area contributed by atoms with Crippen molar-refractivity contribution < 1.29 is 9.59 Å². The monoisotopic (exact) mass is 491 g/mol. The third kappa shape index (κ3) is 5.90. The van der Waals surface area contributed by atoms with Gasteiger partial charge in [0.05, 0.1) is 5.56 Å². The molecule has 0 atom stereocenters. The van der Waals surface area contributed by atoms with Crippen LogP contribution in [0.15, 0.2) is 91.3 Å². The van der Waals surface area contributed by atoms with E-state index < -0.39 is 0 Å². The van der Waals surface area contributed by atoms with Crippen LogP contribution in [0, 0.1) is 6.92 Å². The van der Waals surface area contributed by atoms with Crippen molar-refractivity contribution >= 4 is 23.3 Å². The highest BCUT2D eigenvalue weighted by Gasteiger charge is 2.21. The lowest BCUT2D eigenvalue weighted by atomic mass is 9.97. The van der Waals surface area contributed by atoms with Crippen LogP contribution >= 0.6 is 0 Å². The number of carbonyl (C=O) groups is 2. The Labute approximate surface area is 216 Å². The molecular weight excluding hydrogens is 462 g/mol. The maximum atomic E-state index is 13.2. The van der Waals surface area contributed by atoms with Crippen LogP contribution in [-0.2, 0) is 6.54 Å². The van der Waals surface area contributed by atoms with E-state index in [4.69, 9.17) is 0 Å². The molecular formula is C30H29N5O2. The fourth-order valence-corrected chi connectivity index (χ4v) is 4.49. The molecule has 0 radical (unpaired) electrons. The molecule has 1 aromatic heterocycles. The molecule has 1 N–H and O–H groups in total. The van der Waals surface area contributed by atoms with Gasteiger partial charge in [0.25, 0.3) is 5.91 Å². The Morgan fingerprint density at radius 1 is 0.811 bits per heavy atom. The number of benzene rings is 3. The normalized spacial score (nSPS) is 13.8. The average molecular weight is 492 g/mol. The Balaban J connectivity index is 1.25. The van der Waals surface area contributed by atoms with Crippen molar-refractivity contribution in [3.63, 3.8) is 0 Å². The van der Waals surface area contributed by atoms with Crippen molar-refractivity contribution in [3.8, 4) is 0 Å². The van der Waals surface area contributed by atoms with Crippen molar-refractivity contribution in [2.45, 2.75) is 13.5 Å². The van der Waals surface area contributed by atoms with Crippen LogP contribution in [0.25, 0.3) is 0 Å². The predicted octanol–water partition coefficient (Wildman–Crippen LogP) is 4.59. The van der Waals surface area contributed by atoms with Gasteiger partial charge in [-0.25, -0.2) is 9.97 Å². The topological polar surface area (TPSA) is 78.4 Å². The van der Waals surface area contributed by atoms with E-state index in [1.54, 1.807) is 42.5 Å². The van der Waals surface area contributed by atoms with Gasteiger partial charge in [-0.3, -0.25) is 14.5 Å². The van der Waals surface area contributed by atoms with E-state index in [2.05, 4.69) is 49.4 Å². The van der Waals surface area contributed by atoms with Crippen LogP contribution in [0.5, 0.6) is 0 Å². The number of hydrogen-bond donors (Lipinski definition) is 1. The summed E-state index contributed by atoms with van der Waals surface area (Å²) >= 11 is 0. The number of nitrogens with one attached hydrogen (secondary N) is 1. The number of ketones is 1. The Kier molecular flexibility index (Phi) is 7.33. The van der Waals surface area contributed by atoms with E-state index >= 15 is 0 Å². The van der Waals surface area contributed by atoms with E-state index in [9.17, 15) is 9.59 Å². The summed E-state index contributed by atoms with van der Waals surface area (Å²) < 4.78 is 0. The van der Waals surface area contributed by atoms with Gasteiger partial charge in [0.2, 0.25) is 0 Å². The van der Waals surface area contributed by atoms with Gasteiger partial charge in [-0.1, -0.05) is 78.4 Å². The molecule has 0 aliphatic carbocycles. The Morgan fingerprint density at radius 3 is 2.22 bits per heavy atom. The van der Waals surface area contributed by atoms with Gasteiger partial charge >= 0.3 is 0 Å². The minimum absolute atomic E-state index is 0.192. The van der Waals surface area contributed by atoms with Gasteiger partial charge in [0.1, 0.15) is 18.0 Å². The largest absolute Gasteiger partial charge is 0.354 e. The Morgan fingerprint density at radius 2 is 1.49 bits per heavy atom. The average Bonchev–Trinajstić information content (AvgIpc) is 2.94. The van der Waals surface area contributed by atoms with Crippen LogP contribution in [0.3, 0.4) is 0 Å². The second kappa shape index (κ2) is 11.1. The lowest BCUT2D eigenvalue weighted by Gasteiger charge is -2.35. The summed E-state index contributed by atoms with van der Waals surface area (Å²) in [5.74, 6) is 0.601. The number of amides is 1. The van der Waals surface area contributed by atoms with Gasteiger partial charge < -0.3 is 10.2 Å². The first-order chi connectivity index (χ1) is 18.1. The molecule has 3 aromatic carbocycles. The SMILES string of the molecule is Cc1ccc(C(=O)c2ccccc2C(=O)Nc2cc(N3CCN(Cc4ccccc4)CC3)ncn2)cc1. The van der Waals surface area contributed by atoms with Crippen molar-refractivity contribution in [1.82, 2.24) is 14.9 Å². The zero-order chi connectivity index (χ0) is 25.6. The molecule has 1 aliphatic heterocycles. The lowest BCUT2D eigenvalue weighted by molar-refractivity contribution is 0.0996. The number of anilines is 2. The number of carbonyl (C=O) groups excluding carboxylic acids is 2. The summed E-state index contributed by atoms with van der Waals surface area (Å²) in [5, 5.41) is 2.86. The standard InChI is InChI=1S/C30H29N5O2/c1-22-11-13-24(14-12-22)29(36)25-9-5-6-10-26(25)30(37)33-27-19-28(32-21-31-27)35-17-15-34(16-18-35)20-23-7-3-2-4-8-23/h2-14,19,21H,15-18,20H2,1H3,(H,31,32,33,37). The summed E-state index contributed by atoms with van der Waals surface area (Å²) in [5.41, 5.74) is 3.58.